The fourth-order valence-corrected chi connectivity index (χ4v) is 1.24. The number of hydrogen-bond acceptors (Lipinski definition) is 4. The summed E-state index contributed by atoms with van der Waals surface area (Å²) in [6.45, 7) is 7.04. The average molecular weight is 195 g/mol. The Kier molecular flexibility index (Phi) is 3.83. The van der Waals surface area contributed by atoms with Crippen LogP contribution < -0.4 is 5.73 Å². The summed E-state index contributed by atoms with van der Waals surface area (Å²) in [5.74, 6) is 1.23. The quantitative estimate of drug-likeness (QED) is 0.790. The van der Waals surface area contributed by atoms with Gasteiger partial charge in [-0.1, -0.05) is 6.92 Å². The second-order valence-electron chi connectivity index (χ2n) is 3.09. The van der Waals surface area contributed by atoms with Crippen LogP contribution in [0, 0.1) is 6.92 Å². The van der Waals surface area contributed by atoms with Crippen LogP contribution in [0.25, 0.3) is 0 Å². The van der Waals surface area contributed by atoms with Gasteiger partial charge >= 0.3 is 0 Å². The van der Waals surface area contributed by atoms with Crippen LogP contribution in [-0.4, -0.2) is 16.6 Å². The van der Waals surface area contributed by atoms with E-state index in [1.54, 1.807) is 0 Å². The van der Waals surface area contributed by atoms with Crippen molar-refractivity contribution in [2.24, 2.45) is 0 Å². The Hall–Kier alpha value is -1.16. The molecule has 14 heavy (non-hydrogen) atoms. The third-order valence-corrected chi connectivity index (χ3v) is 2.10. The number of anilines is 1. The highest BCUT2D eigenvalue weighted by molar-refractivity contribution is 5.40. The zero-order valence-corrected chi connectivity index (χ0v) is 9.00. The Morgan fingerprint density at radius 2 is 2.00 bits per heavy atom. The molecule has 0 aliphatic heterocycles. The number of aromatic nitrogens is 2. The molecule has 0 amide bonds. The van der Waals surface area contributed by atoms with Gasteiger partial charge in [0.15, 0.2) is 5.82 Å². The van der Waals surface area contributed by atoms with Crippen LogP contribution in [0.15, 0.2) is 0 Å². The minimum atomic E-state index is 0.438. The predicted molar refractivity (Wildman–Crippen MR) is 55.9 cm³/mol. The molecule has 0 radical (unpaired) electrons. The van der Waals surface area contributed by atoms with Crippen molar-refractivity contribution in [3.8, 4) is 0 Å². The summed E-state index contributed by atoms with van der Waals surface area (Å²) in [4.78, 5) is 8.53. The fraction of sp³-hybridized carbons (Fsp3) is 0.600. The van der Waals surface area contributed by atoms with Crippen LogP contribution in [0.1, 0.15) is 30.9 Å². The van der Waals surface area contributed by atoms with Crippen molar-refractivity contribution in [2.45, 2.75) is 33.8 Å². The van der Waals surface area contributed by atoms with Crippen molar-refractivity contribution < 1.29 is 4.74 Å². The molecule has 0 saturated heterocycles. The lowest BCUT2D eigenvalue weighted by Crippen LogP contribution is -2.08. The average Bonchev–Trinajstić information content (AvgIpc) is 2.19. The van der Waals surface area contributed by atoms with E-state index in [9.17, 15) is 0 Å². The maximum atomic E-state index is 5.76. The number of nitrogens with two attached hydrogens (primary N) is 1. The topological polar surface area (TPSA) is 61.0 Å². The van der Waals surface area contributed by atoms with Gasteiger partial charge in [-0.15, -0.1) is 0 Å². The van der Waals surface area contributed by atoms with Crippen LogP contribution in [0.2, 0.25) is 0 Å². The molecule has 0 atom stereocenters. The van der Waals surface area contributed by atoms with E-state index in [1.807, 2.05) is 13.8 Å². The lowest BCUT2D eigenvalue weighted by molar-refractivity contribution is 0.128. The largest absolute Gasteiger partial charge is 0.383 e. The van der Waals surface area contributed by atoms with Crippen molar-refractivity contribution in [3.63, 3.8) is 0 Å². The summed E-state index contributed by atoms with van der Waals surface area (Å²) in [6, 6.07) is 0. The minimum absolute atomic E-state index is 0.438. The van der Waals surface area contributed by atoms with Gasteiger partial charge in [-0.05, 0) is 20.3 Å². The molecule has 0 aliphatic rings. The Bertz CT molecular complexity index is 312. The van der Waals surface area contributed by atoms with Crippen molar-refractivity contribution in [1.29, 1.82) is 0 Å². The molecule has 0 aromatic carbocycles. The van der Waals surface area contributed by atoms with E-state index >= 15 is 0 Å². The summed E-state index contributed by atoms with van der Waals surface area (Å²) in [5, 5.41) is 0. The first-order chi connectivity index (χ1) is 6.69. The highest BCUT2D eigenvalue weighted by atomic mass is 16.5. The molecule has 1 heterocycles. The van der Waals surface area contributed by atoms with E-state index in [0.717, 1.165) is 17.7 Å². The van der Waals surface area contributed by atoms with E-state index in [0.29, 0.717) is 24.9 Å². The van der Waals surface area contributed by atoms with Crippen molar-refractivity contribution in [2.75, 3.05) is 12.3 Å². The van der Waals surface area contributed by atoms with Gasteiger partial charge in [0.05, 0.1) is 0 Å². The SMILES string of the molecule is CCOCc1nc(N)c(C)c(CC)n1. The first-order valence-corrected chi connectivity index (χ1v) is 4.88. The molecule has 4 heteroatoms. The number of ether oxygens (including phenoxy) is 1. The third kappa shape index (κ3) is 2.42. The van der Waals surface area contributed by atoms with Gasteiger partial charge in [0, 0.05) is 17.9 Å². The molecule has 1 rings (SSSR count). The monoisotopic (exact) mass is 195 g/mol. The standard InChI is InChI=1S/C10H17N3O/c1-4-8-7(3)10(11)13-9(12-8)6-14-5-2/h4-6H2,1-3H3,(H2,11,12,13). The molecule has 0 bridgehead atoms. The number of nitrogens with zero attached hydrogens (tertiary/aromatic N) is 2. The Morgan fingerprint density at radius 1 is 1.29 bits per heavy atom. The van der Waals surface area contributed by atoms with E-state index in [4.69, 9.17) is 10.5 Å². The lowest BCUT2D eigenvalue weighted by atomic mass is 10.2. The second kappa shape index (κ2) is 4.91. The van der Waals surface area contributed by atoms with Gasteiger partial charge < -0.3 is 10.5 Å². The summed E-state index contributed by atoms with van der Waals surface area (Å²) in [7, 11) is 0. The van der Waals surface area contributed by atoms with Gasteiger partial charge in [0.25, 0.3) is 0 Å². The van der Waals surface area contributed by atoms with Gasteiger partial charge in [-0.3, -0.25) is 0 Å². The van der Waals surface area contributed by atoms with Gasteiger partial charge in [0.1, 0.15) is 12.4 Å². The Balaban J connectivity index is 2.91. The van der Waals surface area contributed by atoms with Crippen LogP contribution in [0.3, 0.4) is 0 Å². The van der Waals surface area contributed by atoms with Crippen LogP contribution in [0.5, 0.6) is 0 Å². The molecule has 4 nitrogen and oxygen atoms in total. The van der Waals surface area contributed by atoms with Crippen molar-refractivity contribution in [1.82, 2.24) is 9.97 Å². The predicted octanol–water partition coefficient (Wildman–Crippen LogP) is 1.47. The molecule has 78 valence electrons. The Morgan fingerprint density at radius 3 is 2.57 bits per heavy atom. The van der Waals surface area contributed by atoms with E-state index in [-0.39, 0.29) is 0 Å². The summed E-state index contributed by atoms with van der Waals surface area (Å²) in [5.41, 5.74) is 7.75. The maximum absolute atomic E-state index is 5.76. The fourth-order valence-electron chi connectivity index (χ4n) is 1.24. The van der Waals surface area contributed by atoms with Gasteiger partial charge in [0.2, 0.25) is 0 Å². The number of aryl methyl sites for hydroxylation is 1. The smallest absolute Gasteiger partial charge is 0.156 e. The first-order valence-electron chi connectivity index (χ1n) is 4.88. The molecule has 0 saturated carbocycles. The second-order valence-corrected chi connectivity index (χ2v) is 3.09. The zero-order valence-electron chi connectivity index (χ0n) is 9.00. The molecular weight excluding hydrogens is 178 g/mol. The summed E-state index contributed by atoms with van der Waals surface area (Å²) >= 11 is 0. The normalized spacial score (nSPS) is 10.5. The van der Waals surface area contributed by atoms with Crippen LogP contribution in [-0.2, 0) is 17.8 Å². The molecule has 0 aliphatic carbocycles. The molecule has 0 fully saturated rings. The van der Waals surface area contributed by atoms with Gasteiger partial charge in [-0.2, -0.15) is 0 Å². The van der Waals surface area contributed by atoms with E-state index in [2.05, 4.69) is 16.9 Å². The van der Waals surface area contributed by atoms with Crippen molar-refractivity contribution in [3.05, 3.63) is 17.1 Å². The lowest BCUT2D eigenvalue weighted by Gasteiger charge is -2.08. The van der Waals surface area contributed by atoms with Crippen LogP contribution in [0.4, 0.5) is 5.82 Å². The molecule has 0 unspecified atom stereocenters. The van der Waals surface area contributed by atoms with Crippen molar-refractivity contribution >= 4 is 5.82 Å². The molecule has 2 N–H and O–H groups in total. The minimum Gasteiger partial charge on any atom is -0.383 e. The van der Waals surface area contributed by atoms with E-state index in [1.165, 1.54) is 0 Å². The first kappa shape index (κ1) is 10.9. The van der Waals surface area contributed by atoms with Crippen LogP contribution >= 0.6 is 0 Å². The van der Waals surface area contributed by atoms with Gasteiger partial charge in [-0.25, -0.2) is 9.97 Å². The highest BCUT2D eigenvalue weighted by Gasteiger charge is 2.06. The molecule has 0 spiro atoms. The molecule has 1 aromatic rings. The number of hydrogen-bond donors (Lipinski definition) is 1. The molecule has 1 aromatic heterocycles. The third-order valence-electron chi connectivity index (χ3n) is 2.10. The number of nitrogen functional groups attached to an aromatic ring is 1. The number of rotatable bonds is 4. The summed E-state index contributed by atoms with van der Waals surface area (Å²) < 4.78 is 5.23. The molecular formula is C10H17N3O. The zero-order chi connectivity index (χ0) is 10.6. The van der Waals surface area contributed by atoms with E-state index < -0.39 is 0 Å². The highest BCUT2D eigenvalue weighted by Crippen LogP contribution is 2.12. The summed E-state index contributed by atoms with van der Waals surface area (Å²) in [6.07, 6.45) is 0.873. The Labute approximate surface area is 84.5 Å². The maximum Gasteiger partial charge on any atom is 0.156 e.